The molecule has 0 bridgehead atoms. The van der Waals surface area contributed by atoms with Gasteiger partial charge < -0.3 is 9.64 Å². The zero-order chi connectivity index (χ0) is 21.6. The predicted octanol–water partition coefficient (Wildman–Crippen LogP) is 0.687. The number of sulfonamides is 1. The highest BCUT2D eigenvalue weighted by Gasteiger charge is 2.49. The average molecular weight is 440 g/mol. The normalized spacial score (nSPS) is 22.3. The van der Waals surface area contributed by atoms with E-state index in [1.54, 1.807) is 48.6 Å². The molecule has 0 spiro atoms. The van der Waals surface area contributed by atoms with E-state index in [0.717, 1.165) is 0 Å². The average Bonchev–Trinajstić information content (AvgIpc) is 3.37. The van der Waals surface area contributed by atoms with Gasteiger partial charge in [-0.3, -0.25) is 14.5 Å². The smallest absolute Gasteiger partial charge is 0.272 e. The van der Waals surface area contributed by atoms with Crippen LogP contribution in [-0.2, 0) is 23.6 Å². The fourth-order valence-electron chi connectivity index (χ4n) is 4.02. The molecule has 0 saturated carbocycles. The number of hydrogen-bond acceptors (Lipinski definition) is 7. The van der Waals surface area contributed by atoms with Crippen LogP contribution in [-0.4, -0.2) is 68.5 Å². The molecular formula is C20H20N6O4S. The van der Waals surface area contributed by atoms with Gasteiger partial charge in [-0.15, -0.1) is 0 Å². The molecule has 3 aromatic rings. The highest BCUT2D eigenvalue weighted by molar-refractivity contribution is 7.89. The van der Waals surface area contributed by atoms with Crippen LogP contribution in [0.1, 0.15) is 16.2 Å². The number of carbonyl (C=O) groups is 1. The van der Waals surface area contributed by atoms with E-state index in [0.29, 0.717) is 11.4 Å². The predicted molar refractivity (Wildman–Crippen MR) is 109 cm³/mol. The Labute approximate surface area is 179 Å². The van der Waals surface area contributed by atoms with Gasteiger partial charge in [-0.25, -0.2) is 13.4 Å². The van der Waals surface area contributed by atoms with Crippen molar-refractivity contribution in [1.29, 1.82) is 0 Å². The molecule has 1 fully saturated rings. The van der Waals surface area contributed by atoms with Gasteiger partial charge in [0.1, 0.15) is 16.7 Å². The summed E-state index contributed by atoms with van der Waals surface area (Å²) >= 11 is 0. The van der Waals surface area contributed by atoms with Gasteiger partial charge in [0.25, 0.3) is 5.91 Å². The van der Waals surface area contributed by atoms with Gasteiger partial charge in [-0.1, -0.05) is 6.07 Å². The molecule has 10 nitrogen and oxygen atoms in total. The summed E-state index contributed by atoms with van der Waals surface area (Å²) in [6.07, 6.45) is 4.10. The van der Waals surface area contributed by atoms with Gasteiger partial charge in [0.05, 0.1) is 24.8 Å². The van der Waals surface area contributed by atoms with Gasteiger partial charge in [0, 0.05) is 32.2 Å². The fraction of sp³-hybridized carbons (Fsp3) is 0.300. The maximum absolute atomic E-state index is 13.6. The van der Waals surface area contributed by atoms with Gasteiger partial charge in [-0.05, 0) is 30.3 Å². The van der Waals surface area contributed by atoms with Crippen LogP contribution in [0, 0.1) is 0 Å². The summed E-state index contributed by atoms with van der Waals surface area (Å²) in [6, 6.07) is 9.46. The van der Waals surface area contributed by atoms with Crippen molar-refractivity contribution in [3.63, 3.8) is 0 Å². The summed E-state index contributed by atoms with van der Waals surface area (Å²) in [5.41, 5.74) is 1.03. The molecule has 31 heavy (non-hydrogen) atoms. The zero-order valence-electron chi connectivity index (χ0n) is 16.7. The van der Waals surface area contributed by atoms with E-state index in [4.69, 9.17) is 4.74 Å². The topological polar surface area (TPSA) is 111 Å². The Morgan fingerprint density at radius 1 is 1.10 bits per heavy atom. The lowest BCUT2D eigenvalue weighted by molar-refractivity contribution is 0.0759. The Kier molecular flexibility index (Phi) is 4.71. The summed E-state index contributed by atoms with van der Waals surface area (Å²) in [5, 5.41) is 4.05. The summed E-state index contributed by atoms with van der Waals surface area (Å²) in [7, 11) is -2.24. The number of hydrogen-bond donors (Lipinski definition) is 0. The van der Waals surface area contributed by atoms with Crippen LogP contribution in [0.4, 0.5) is 0 Å². The second kappa shape index (κ2) is 7.43. The maximum Gasteiger partial charge on any atom is 0.272 e. The van der Waals surface area contributed by atoms with E-state index >= 15 is 0 Å². The largest absolute Gasteiger partial charge is 0.470 e. The molecular weight excluding hydrogens is 420 g/mol. The SMILES string of the molecule is Cn1nccc1C(=O)N1CC2Oc3ncccc3S(=O)(=O)N(Cc3ccccn3)C2C1. The van der Waals surface area contributed by atoms with Crippen molar-refractivity contribution >= 4 is 15.9 Å². The Morgan fingerprint density at radius 3 is 2.68 bits per heavy atom. The third-order valence-corrected chi connectivity index (χ3v) is 7.45. The summed E-state index contributed by atoms with van der Waals surface area (Å²) < 4.78 is 36.1. The van der Waals surface area contributed by atoms with Gasteiger partial charge in [0.2, 0.25) is 15.9 Å². The lowest BCUT2D eigenvalue weighted by Gasteiger charge is -2.27. The maximum atomic E-state index is 13.6. The van der Waals surface area contributed by atoms with Crippen LogP contribution in [0.25, 0.3) is 0 Å². The van der Waals surface area contributed by atoms with E-state index in [9.17, 15) is 13.2 Å². The summed E-state index contributed by atoms with van der Waals surface area (Å²) in [5.74, 6) is -0.177. The van der Waals surface area contributed by atoms with Gasteiger partial charge in [-0.2, -0.15) is 9.40 Å². The van der Waals surface area contributed by atoms with Crippen molar-refractivity contribution in [2.75, 3.05) is 13.1 Å². The number of ether oxygens (including phenoxy) is 1. The minimum Gasteiger partial charge on any atom is -0.470 e. The van der Waals surface area contributed by atoms with Crippen molar-refractivity contribution in [2.24, 2.45) is 7.05 Å². The number of rotatable bonds is 3. The Balaban J connectivity index is 1.54. The molecule has 2 aliphatic heterocycles. The minimum atomic E-state index is -3.93. The number of fused-ring (bicyclic) bond motifs is 2. The minimum absolute atomic E-state index is 0.0184. The van der Waals surface area contributed by atoms with Crippen LogP contribution < -0.4 is 4.74 Å². The van der Waals surface area contributed by atoms with Crippen molar-refractivity contribution in [1.82, 2.24) is 29.0 Å². The number of pyridine rings is 2. The lowest BCUT2D eigenvalue weighted by atomic mass is 10.2. The number of nitrogens with zero attached hydrogens (tertiary/aromatic N) is 6. The molecule has 2 atom stereocenters. The first-order valence-corrected chi connectivity index (χ1v) is 11.2. The number of amides is 1. The lowest BCUT2D eigenvalue weighted by Crippen LogP contribution is -2.46. The summed E-state index contributed by atoms with van der Waals surface area (Å²) in [6.45, 7) is 0.490. The van der Waals surface area contributed by atoms with Crippen molar-refractivity contribution in [3.05, 3.63) is 66.4 Å². The molecule has 5 heterocycles. The monoisotopic (exact) mass is 440 g/mol. The van der Waals surface area contributed by atoms with E-state index < -0.39 is 22.2 Å². The van der Waals surface area contributed by atoms with Crippen molar-refractivity contribution in [2.45, 2.75) is 23.6 Å². The van der Waals surface area contributed by atoms with Crippen LogP contribution in [0.3, 0.4) is 0 Å². The Bertz CT molecular complexity index is 1230. The third kappa shape index (κ3) is 3.35. The molecule has 11 heteroatoms. The van der Waals surface area contributed by atoms with E-state index in [1.807, 2.05) is 6.07 Å². The molecule has 1 saturated heterocycles. The quantitative estimate of drug-likeness (QED) is 0.589. The van der Waals surface area contributed by atoms with Gasteiger partial charge >= 0.3 is 0 Å². The molecule has 5 rings (SSSR count). The first kappa shape index (κ1) is 19.6. The molecule has 3 aromatic heterocycles. The van der Waals surface area contributed by atoms with Crippen LogP contribution in [0.15, 0.2) is 59.9 Å². The zero-order valence-corrected chi connectivity index (χ0v) is 17.5. The molecule has 0 N–H and O–H groups in total. The number of aromatic nitrogens is 4. The van der Waals surface area contributed by atoms with Crippen LogP contribution in [0.5, 0.6) is 5.88 Å². The molecule has 160 valence electrons. The first-order chi connectivity index (χ1) is 14.9. The van der Waals surface area contributed by atoms with Crippen LogP contribution in [0.2, 0.25) is 0 Å². The fourth-order valence-corrected chi connectivity index (χ4v) is 5.71. The summed E-state index contributed by atoms with van der Waals surface area (Å²) in [4.78, 5) is 23.1. The molecule has 0 aliphatic carbocycles. The molecule has 1 amide bonds. The Hall–Kier alpha value is -3.31. The second-order valence-corrected chi connectivity index (χ2v) is 9.31. The van der Waals surface area contributed by atoms with E-state index in [2.05, 4.69) is 15.1 Å². The molecule has 2 unspecified atom stereocenters. The highest BCUT2D eigenvalue weighted by atomic mass is 32.2. The third-order valence-electron chi connectivity index (χ3n) is 5.56. The number of likely N-dealkylation sites (tertiary alicyclic amines) is 1. The van der Waals surface area contributed by atoms with E-state index in [1.165, 1.54) is 21.3 Å². The van der Waals surface area contributed by atoms with Crippen molar-refractivity contribution < 1.29 is 17.9 Å². The number of aryl methyl sites for hydroxylation is 1. The standard InChI is InChI=1S/C20H20N6O4S/c1-24-15(7-10-23-24)20(27)25-12-16-17(13-25)30-19-18(6-4-9-22-19)31(28,29)26(16)11-14-5-2-3-8-21-14/h2-10,16-17H,11-13H2,1H3. The van der Waals surface area contributed by atoms with E-state index in [-0.39, 0.29) is 36.3 Å². The van der Waals surface area contributed by atoms with Gasteiger partial charge in [0.15, 0.2) is 0 Å². The van der Waals surface area contributed by atoms with Crippen LogP contribution >= 0.6 is 0 Å². The second-order valence-electron chi connectivity index (χ2n) is 7.45. The Morgan fingerprint density at radius 2 is 1.94 bits per heavy atom. The molecule has 0 aromatic carbocycles. The van der Waals surface area contributed by atoms with Crippen molar-refractivity contribution in [3.8, 4) is 5.88 Å². The first-order valence-electron chi connectivity index (χ1n) is 9.76. The molecule has 2 aliphatic rings. The molecule has 0 radical (unpaired) electrons. The number of carbonyl (C=O) groups excluding carboxylic acids is 1. The highest BCUT2D eigenvalue weighted by Crippen LogP contribution is 2.35.